The lowest BCUT2D eigenvalue weighted by Crippen LogP contribution is -2.53. The van der Waals surface area contributed by atoms with Gasteiger partial charge in [0.15, 0.2) is 0 Å². The number of benzene rings is 3. The quantitative estimate of drug-likeness (QED) is 0.223. The molecule has 0 spiro atoms. The zero-order chi connectivity index (χ0) is 30.3. The van der Waals surface area contributed by atoms with E-state index in [2.05, 4.69) is 21.2 Å². The summed E-state index contributed by atoms with van der Waals surface area (Å²) in [4.78, 5) is 28.9. The van der Waals surface area contributed by atoms with E-state index in [1.165, 1.54) is 17.0 Å². The summed E-state index contributed by atoms with van der Waals surface area (Å²) in [6.45, 7) is 6.96. The molecule has 0 aliphatic heterocycles. The van der Waals surface area contributed by atoms with E-state index in [1.807, 2.05) is 20.8 Å². The highest BCUT2D eigenvalue weighted by Gasteiger charge is 2.34. The number of nitrogens with zero attached hydrogens (tertiary/aromatic N) is 2. The monoisotopic (exact) mass is 681 g/mol. The summed E-state index contributed by atoms with van der Waals surface area (Å²) in [5.74, 6) is -0.877. The summed E-state index contributed by atoms with van der Waals surface area (Å²) >= 11 is 15.9. The molecule has 3 aromatic rings. The Morgan fingerprint density at radius 1 is 0.951 bits per heavy atom. The molecule has 2 amide bonds. The highest BCUT2D eigenvalue weighted by molar-refractivity contribution is 9.10. The topological polar surface area (TPSA) is 86.8 Å². The first-order valence-electron chi connectivity index (χ1n) is 13.3. The van der Waals surface area contributed by atoms with Crippen LogP contribution >= 0.6 is 39.1 Å². The zero-order valence-electron chi connectivity index (χ0n) is 23.4. The largest absolute Gasteiger partial charge is 0.352 e. The number of halogens is 3. The lowest BCUT2D eigenvalue weighted by atomic mass is 10.1. The average molecular weight is 683 g/mol. The Kier molecular flexibility index (Phi) is 11.7. The highest BCUT2D eigenvalue weighted by atomic mass is 79.9. The van der Waals surface area contributed by atoms with Gasteiger partial charge in [0, 0.05) is 27.1 Å². The fourth-order valence-electron chi connectivity index (χ4n) is 4.17. The molecule has 0 unspecified atom stereocenters. The predicted octanol–water partition coefficient (Wildman–Crippen LogP) is 6.98. The molecule has 220 valence electrons. The van der Waals surface area contributed by atoms with Gasteiger partial charge in [-0.05, 0) is 80.8 Å². The van der Waals surface area contributed by atoms with E-state index in [1.54, 1.807) is 61.5 Å². The Morgan fingerprint density at radius 3 is 2.15 bits per heavy atom. The number of carbonyl (C=O) groups is 2. The van der Waals surface area contributed by atoms with Crippen molar-refractivity contribution in [2.45, 2.75) is 64.1 Å². The van der Waals surface area contributed by atoms with Crippen molar-refractivity contribution < 1.29 is 18.0 Å². The van der Waals surface area contributed by atoms with Crippen molar-refractivity contribution in [2.24, 2.45) is 0 Å². The van der Waals surface area contributed by atoms with Gasteiger partial charge in [0.05, 0.1) is 10.6 Å². The van der Waals surface area contributed by atoms with Crippen LogP contribution in [0, 0.1) is 6.92 Å². The zero-order valence-corrected chi connectivity index (χ0v) is 27.3. The third-order valence-corrected chi connectivity index (χ3v) is 9.65. The number of amides is 2. The van der Waals surface area contributed by atoms with Crippen LogP contribution in [0.25, 0.3) is 0 Å². The van der Waals surface area contributed by atoms with Crippen LogP contribution in [0.3, 0.4) is 0 Å². The Hall–Kier alpha value is -2.59. The van der Waals surface area contributed by atoms with Gasteiger partial charge in [-0.2, -0.15) is 0 Å². The first-order valence-corrected chi connectivity index (χ1v) is 16.2. The highest BCUT2D eigenvalue weighted by Crippen LogP contribution is 2.28. The van der Waals surface area contributed by atoms with Crippen molar-refractivity contribution in [3.63, 3.8) is 0 Å². The van der Waals surface area contributed by atoms with Gasteiger partial charge in [0.2, 0.25) is 11.8 Å². The number of aryl methyl sites for hydroxylation is 1. The van der Waals surface area contributed by atoms with Gasteiger partial charge in [0.25, 0.3) is 10.0 Å². The lowest BCUT2D eigenvalue weighted by Gasteiger charge is -2.34. The Labute approximate surface area is 261 Å². The molecule has 3 aromatic carbocycles. The number of nitrogens with one attached hydrogen (secondary N) is 1. The minimum absolute atomic E-state index is 0.0139. The van der Waals surface area contributed by atoms with Crippen molar-refractivity contribution in [3.8, 4) is 0 Å². The van der Waals surface area contributed by atoms with Gasteiger partial charge in [0.1, 0.15) is 12.6 Å². The van der Waals surface area contributed by atoms with Crippen molar-refractivity contribution in [3.05, 3.63) is 92.4 Å². The van der Waals surface area contributed by atoms with E-state index in [0.717, 1.165) is 14.3 Å². The van der Waals surface area contributed by atoms with Gasteiger partial charge in [-0.25, -0.2) is 8.42 Å². The fourth-order valence-corrected chi connectivity index (χ4v) is 6.31. The molecule has 1 N–H and O–H groups in total. The van der Waals surface area contributed by atoms with E-state index in [9.17, 15) is 18.0 Å². The number of carbonyl (C=O) groups excluding carboxylic acids is 2. The Morgan fingerprint density at radius 2 is 1.59 bits per heavy atom. The average Bonchev–Trinajstić information content (AvgIpc) is 2.93. The summed E-state index contributed by atoms with van der Waals surface area (Å²) in [5, 5.41) is 3.73. The Bertz CT molecular complexity index is 1470. The lowest BCUT2D eigenvalue weighted by molar-refractivity contribution is -0.140. The summed E-state index contributed by atoms with van der Waals surface area (Å²) in [6.07, 6.45) is 1.02. The van der Waals surface area contributed by atoms with Crippen molar-refractivity contribution in [1.29, 1.82) is 0 Å². The number of anilines is 1. The van der Waals surface area contributed by atoms with E-state index in [4.69, 9.17) is 23.2 Å². The van der Waals surface area contributed by atoms with Crippen LogP contribution in [0.2, 0.25) is 10.0 Å². The molecule has 7 nitrogen and oxygen atoms in total. The summed E-state index contributed by atoms with van der Waals surface area (Å²) in [7, 11) is -4.15. The number of hydrogen-bond donors (Lipinski definition) is 1. The van der Waals surface area contributed by atoms with E-state index in [0.29, 0.717) is 34.1 Å². The first kappa shape index (κ1) is 32.9. The molecule has 41 heavy (non-hydrogen) atoms. The molecular formula is C30H34BrCl2N3O4S. The second-order valence-electron chi connectivity index (χ2n) is 9.80. The van der Waals surface area contributed by atoms with Gasteiger partial charge < -0.3 is 10.2 Å². The van der Waals surface area contributed by atoms with Crippen LogP contribution in [0.1, 0.15) is 44.7 Å². The molecule has 3 rings (SSSR count). The molecule has 0 radical (unpaired) electrons. The summed E-state index contributed by atoms with van der Waals surface area (Å²) < 4.78 is 29.7. The maximum atomic E-state index is 14.1. The van der Waals surface area contributed by atoms with E-state index in [-0.39, 0.29) is 23.4 Å². The van der Waals surface area contributed by atoms with Gasteiger partial charge in [-0.15, -0.1) is 0 Å². The molecule has 0 saturated heterocycles. The van der Waals surface area contributed by atoms with Gasteiger partial charge in [-0.1, -0.05) is 76.7 Å². The van der Waals surface area contributed by atoms with Gasteiger partial charge in [-0.3, -0.25) is 13.9 Å². The van der Waals surface area contributed by atoms with Crippen LogP contribution in [0.4, 0.5) is 5.69 Å². The Balaban J connectivity index is 2.08. The smallest absolute Gasteiger partial charge is 0.264 e. The summed E-state index contributed by atoms with van der Waals surface area (Å²) in [5.41, 5.74) is 1.79. The molecule has 0 bridgehead atoms. The van der Waals surface area contributed by atoms with Crippen molar-refractivity contribution in [1.82, 2.24) is 10.2 Å². The van der Waals surface area contributed by atoms with Crippen LogP contribution in [0.5, 0.6) is 0 Å². The minimum atomic E-state index is -4.15. The molecule has 0 fully saturated rings. The van der Waals surface area contributed by atoms with E-state index >= 15 is 0 Å². The second-order valence-corrected chi connectivity index (χ2v) is 13.4. The molecule has 0 aliphatic rings. The predicted molar refractivity (Wildman–Crippen MR) is 169 cm³/mol. The van der Waals surface area contributed by atoms with Crippen LogP contribution in [0.15, 0.2) is 76.1 Å². The molecule has 2 atom stereocenters. The number of rotatable bonds is 12. The van der Waals surface area contributed by atoms with Crippen LogP contribution in [-0.2, 0) is 26.2 Å². The molecule has 11 heteroatoms. The van der Waals surface area contributed by atoms with Crippen LogP contribution in [-0.4, -0.2) is 43.8 Å². The molecule has 0 heterocycles. The number of sulfonamides is 1. The first-order chi connectivity index (χ1) is 19.4. The molecular weight excluding hydrogens is 649 g/mol. The normalized spacial score (nSPS) is 12.9. The second kappa shape index (κ2) is 14.5. The van der Waals surface area contributed by atoms with Crippen LogP contribution < -0.4 is 9.62 Å². The minimum Gasteiger partial charge on any atom is -0.352 e. The van der Waals surface area contributed by atoms with Crippen molar-refractivity contribution in [2.75, 3.05) is 10.8 Å². The third-order valence-electron chi connectivity index (χ3n) is 6.75. The maximum Gasteiger partial charge on any atom is 0.264 e. The summed E-state index contributed by atoms with van der Waals surface area (Å²) in [6, 6.07) is 17.0. The SMILES string of the molecule is CC[C@H](C(=O)N[C@@H](C)CC)N(Cc1ccc(Cl)cc1Cl)C(=O)CN(c1ccc(Br)cc1)S(=O)(=O)c1ccc(C)cc1. The number of hydrogen-bond acceptors (Lipinski definition) is 4. The molecule has 0 aliphatic carbocycles. The molecule has 0 saturated carbocycles. The standard InChI is InChI=1S/C30H34BrCl2N3O4S/c1-5-21(4)34-30(38)28(6-2)35(18-22-9-12-24(32)17-27(22)33)29(37)19-36(25-13-10-23(31)11-14-25)41(39,40)26-15-7-20(3)8-16-26/h7-17,21,28H,5-6,18-19H2,1-4H3,(H,34,38)/t21-,28+/m0/s1. The van der Waals surface area contributed by atoms with E-state index < -0.39 is 28.5 Å². The van der Waals surface area contributed by atoms with Gasteiger partial charge >= 0.3 is 0 Å². The molecule has 0 aromatic heterocycles. The maximum absolute atomic E-state index is 14.1. The fraction of sp³-hybridized carbons (Fsp3) is 0.333. The van der Waals surface area contributed by atoms with Crippen molar-refractivity contribution >= 4 is 66.7 Å². The third kappa shape index (κ3) is 8.47.